The summed E-state index contributed by atoms with van der Waals surface area (Å²) in [5.74, 6) is 0.874. The highest BCUT2D eigenvalue weighted by Gasteiger charge is 2.01. The number of rotatable bonds is 7. The summed E-state index contributed by atoms with van der Waals surface area (Å²) in [4.78, 5) is 0. The third kappa shape index (κ3) is 4.53. The molecule has 0 aliphatic rings. The van der Waals surface area contributed by atoms with Crippen LogP contribution in [0.1, 0.15) is 26.7 Å². The van der Waals surface area contributed by atoms with Crippen molar-refractivity contribution >= 4 is 5.69 Å². The first kappa shape index (κ1) is 12.8. The topological polar surface area (TPSA) is 47.3 Å². The lowest BCUT2D eigenvalue weighted by molar-refractivity contribution is 0.328. The molecule has 0 spiro atoms. The first-order valence-electron chi connectivity index (χ1n) is 5.95. The zero-order valence-corrected chi connectivity index (χ0v) is 10.2. The summed E-state index contributed by atoms with van der Waals surface area (Å²) in [7, 11) is 0. The minimum Gasteiger partial charge on any atom is -0.492 e. The van der Waals surface area contributed by atoms with Crippen molar-refractivity contribution < 1.29 is 4.74 Å². The molecule has 0 saturated carbocycles. The molecular formula is C13H22N2O. The van der Waals surface area contributed by atoms with Crippen molar-refractivity contribution in [2.45, 2.75) is 32.7 Å². The van der Waals surface area contributed by atoms with Crippen LogP contribution in [0.3, 0.4) is 0 Å². The zero-order chi connectivity index (χ0) is 11.8. The lowest BCUT2D eigenvalue weighted by Crippen LogP contribution is -2.14. The lowest BCUT2D eigenvalue weighted by atomic mass is 10.2. The van der Waals surface area contributed by atoms with Crippen molar-refractivity contribution in [2.75, 3.05) is 18.5 Å². The van der Waals surface area contributed by atoms with Gasteiger partial charge in [-0.05, 0) is 25.5 Å². The third-order valence-electron chi connectivity index (χ3n) is 2.36. The van der Waals surface area contributed by atoms with Crippen molar-refractivity contribution in [1.29, 1.82) is 0 Å². The van der Waals surface area contributed by atoms with Crippen LogP contribution >= 0.6 is 0 Å². The van der Waals surface area contributed by atoms with Gasteiger partial charge in [-0.25, -0.2) is 0 Å². The minimum absolute atomic E-state index is 0.495. The Hall–Kier alpha value is -1.22. The van der Waals surface area contributed by atoms with E-state index in [-0.39, 0.29) is 0 Å². The Labute approximate surface area is 98.0 Å². The van der Waals surface area contributed by atoms with E-state index in [0.29, 0.717) is 19.2 Å². The molecule has 0 aliphatic carbocycles. The average molecular weight is 222 g/mol. The van der Waals surface area contributed by atoms with Crippen LogP contribution in [0, 0.1) is 0 Å². The highest BCUT2D eigenvalue weighted by atomic mass is 16.5. The van der Waals surface area contributed by atoms with E-state index in [4.69, 9.17) is 10.5 Å². The number of hydrogen-bond acceptors (Lipinski definition) is 3. The largest absolute Gasteiger partial charge is 0.492 e. The predicted molar refractivity (Wildman–Crippen MR) is 69.0 cm³/mol. The number of nitrogens with two attached hydrogens (primary N) is 1. The average Bonchev–Trinajstić information content (AvgIpc) is 2.27. The maximum Gasteiger partial charge on any atom is 0.121 e. The standard InChI is InChI=1S/C13H22N2O/c1-3-5-11(2)15-12-6-4-7-13(10-12)16-9-8-14/h4,6-7,10-11,15H,3,5,8-9,14H2,1-2H3. The van der Waals surface area contributed by atoms with E-state index >= 15 is 0 Å². The van der Waals surface area contributed by atoms with Gasteiger partial charge < -0.3 is 15.8 Å². The van der Waals surface area contributed by atoms with Crippen molar-refractivity contribution in [1.82, 2.24) is 0 Å². The summed E-state index contributed by atoms with van der Waals surface area (Å²) in [6.45, 7) is 5.49. The van der Waals surface area contributed by atoms with Gasteiger partial charge >= 0.3 is 0 Å². The van der Waals surface area contributed by atoms with Gasteiger partial charge in [0.1, 0.15) is 12.4 Å². The Morgan fingerprint density at radius 1 is 1.44 bits per heavy atom. The van der Waals surface area contributed by atoms with E-state index in [0.717, 1.165) is 11.4 Å². The first-order valence-corrected chi connectivity index (χ1v) is 5.95. The Morgan fingerprint density at radius 3 is 2.94 bits per heavy atom. The van der Waals surface area contributed by atoms with Gasteiger partial charge in [0.25, 0.3) is 0 Å². The van der Waals surface area contributed by atoms with Crippen LogP contribution in [0.5, 0.6) is 5.75 Å². The van der Waals surface area contributed by atoms with E-state index in [1.807, 2.05) is 18.2 Å². The van der Waals surface area contributed by atoms with Gasteiger partial charge in [-0.1, -0.05) is 19.4 Å². The molecule has 0 amide bonds. The number of benzene rings is 1. The van der Waals surface area contributed by atoms with Crippen LogP contribution in [0.2, 0.25) is 0 Å². The lowest BCUT2D eigenvalue weighted by Gasteiger charge is -2.15. The normalized spacial score (nSPS) is 12.2. The van der Waals surface area contributed by atoms with Crippen LogP contribution in [0.25, 0.3) is 0 Å². The number of ether oxygens (including phenoxy) is 1. The molecule has 0 fully saturated rings. The fourth-order valence-electron chi connectivity index (χ4n) is 1.64. The summed E-state index contributed by atoms with van der Waals surface area (Å²) >= 11 is 0. The summed E-state index contributed by atoms with van der Waals surface area (Å²) in [6, 6.07) is 8.51. The molecule has 3 N–H and O–H groups in total. The second-order valence-corrected chi connectivity index (χ2v) is 4.00. The van der Waals surface area contributed by atoms with Gasteiger partial charge in [-0.3, -0.25) is 0 Å². The Morgan fingerprint density at radius 2 is 2.25 bits per heavy atom. The highest BCUT2D eigenvalue weighted by Crippen LogP contribution is 2.18. The minimum atomic E-state index is 0.495. The van der Waals surface area contributed by atoms with Crippen molar-refractivity contribution in [3.63, 3.8) is 0 Å². The monoisotopic (exact) mass is 222 g/mol. The predicted octanol–water partition coefficient (Wildman–Crippen LogP) is 2.62. The van der Waals surface area contributed by atoms with E-state index in [1.165, 1.54) is 12.8 Å². The molecular weight excluding hydrogens is 200 g/mol. The molecule has 3 heteroatoms. The van der Waals surface area contributed by atoms with E-state index in [1.54, 1.807) is 0 Å². The van der Waals surface area contributed by atoms with Gasteiger partial charge in [0.15, 0.2) is 0 Å². The Bertz CT molecular complexity index is 302. The van der Waals surface area contributed by atoms with Crippen LogP contribution in [0.15, 0.2) is 24.3 Å². The third-order valence-corrected chi connectivity index (χ3v) is 2.36. The molecule has 90 valence electrons. The zero-order valence-electron chi connectivity index (χ0n) is 10.2. The highest BCUT2D eigenvalue weighted by molar-refractivity contribution is 5.48. The van der Waals surface area contributed by atoms with Gasteiger partial charge in [0.05, 0.1) is 0 Å². The first-order chi connectivity index (χ1) is 7.76. The molecule has 1 rings (SSSR count). The van der Waals surface area contributed by atoms with Crippen LogP contribution in [0.4, 0.5) is 5.69 Å². The van der Waals surface area contributed by atoms with Crippen LogP contribution < -0.4 is 15.8 Å². The molecule has 0 saturated heterocycles. The fourth-order valence-corrected chi connectivity index (χ4v) is 1.64. The molecule has 3 nitrogen and oxygen atoms in total. The molecule has 0 bridgehead atoms. The van der Waals surface area contributed by atoms with Gasteiger partial charge in [0.2, 0.25) is 0 Å². The second-order valence-electron chi connectivity index (χ2n) is 4.00. The SMILES string of the molecule is CCCC(C)Nc1cccc(OCCN)c1. The van der Waals surface area contributed by atoms with Gasteiger partial charge in [-0.2, -0.15) is 0 Å². The maximum absolute atomic E-state index is 5.47. The summed E-state index contributed by atoms with van der Waals surface area (Å²) < 4.78 is 5.47. The second kappa shape index (κ2) is 7.12. The summed E-state index contributed by atoms with van der Waals surface area (Å²) in [5.41, 5.74) is 6.50. The van der Waals surface area contributed by atoms with E-state index in [2.05, 4.69) is 25.2 Å². The molecule has 16 heavy (non-hydrogen) atoms. The van der Waals surface area contributed by atoms with Crippen LogP contribution in [-0.2, 0) is 0 Å². The molecule has 0 radical (unpaired) electrons. The summed E-state index contributed by atoms with van der Waals surface area (Å²) in [6.07, 6.45) is 2.37. The maximum atomic E-state index is 5.47. The smallest absolute Gasteiger partial charge is 0.121 e. The quantitative estimate of drug-likeness (QED) is 0.745. The number of nitrogens with one attached hydrogen (secondary N) is 1. The fraction of sp³-hybridized carbons (Fsp3) is 0.538. The number of hydrogen-bond donors (Lipinski definition) is 2. The van der Waals surface area contributed by atoms with E-state index < -0.39 is 0 Å². The van der Waals surface area contributed by atoms with E-state index in [9.17, 15) is 0 Å². The Kier molecular flexibility index (Phi) is 5.72. The number of anilines is 1. The molecule has 0 aromatic heterocycles. The molecule has 1 atom stereocenters. The molecule has 1 aromatic carbocycles. The van der Waals surface area contributed by atoms with Gasteiger partial charge in [0, 0.05) is 24.3 Å². The molecule has 0 heterocycles. The van der Waals surface area contributed by atoms with Crippen LogP contribution in [-0.4, -0.2) is 19.2 Å². The van der Waals surface area contributed by atoms with Gasteiger partial charge in [-0.15, -0.1) is 0 Å². The molecule has 0 aliphatic heterocycles. The van der Waals surface area contributed by atoms with Crippen molar-refractivity contribution in [3.8, 4) is 5.75 Å². The Balaban J connectivity index is 2.52. The van der Waals surface area contributed by atoms with Crippen molar-refractivity contribution in [3.05, 3.63) is 24.3 Å². The molecule has 1 unspecified atom stereocenters. The molecule has 1 aromatic rings. The van der Waals surface area contributed by atoms with Crippen molar-refractivity contribution in [2.24, 2.45) is 5.73 Å². The summed E-state index contributed by atoms with van der Waals surface area (Å²) in [5, 5.41) is 3.45.